The number of hydrogen-bond donors (Lipinski definition) is 2. The Labute approximate surface area is 188 Å². The molecule has 1 aliphatic rings. The molecular formula is C25H28N4O3. The molecular weight excluding hydrogens is 404 g/mol. The van der Waals surface area contributed by atoms with E-state index >= 15 is 0 Å². The van der Waals surface area contributed by atoms with Gasteiger partial charge in [-0.1, -0.05) is 30.3 Å². The van der Waals surface area contributed by atoms with Crippen LogP contribution < -0.4 is 20.1 Å². The van der Waals surface area contributed by atoms with Crippen LogP contribution in [0, 0.1) is 0 Å². The van der Waals surface area contributed by atoms with Crippen LogP contribution in [0.1, 0.15) is 16.8 Å². The highest BCUT2D eigenvalue weighted by atomic mass is 16.5. The number of pyridine rings is 1. The molecule has 32 heavy (non-hydrogen) atoms. The number of carbonyl (C=O) groups is 1. The van der Waals surface area contributed by atoms with Gasteiger partial charge in [0.1, 0.15) is 17.2 Å². The summed E-state index contributed by atoms with van der Waals surface area (Å²) in [6, 6.07) is 21.5. The number of ether oxygens (including phenoxy) is 2. The van der Waals surface area contributed by atoms with E-state index in [-0.39, 0.29) is 6.03 Å². The number of benzene rings is 2. The van der Waals surface area contributed by atoms with Crippen molar-refractivity contribution in [3.63, 3.8) is 0 Å². The van der Waals surface area contributed by atoms with E-state index in [2.05, 4.69) is 15.6 Å². The van der Waals surface area contributed by atoms with Gasteiger partial charge in [-0.05, 0) is 53.9 Å². The molecule has 0 saturated carbocycles. The highest BCUT2D eigenvalue weighted by Gasteiger charge is 2.46. The molecule has 2 amide bonds. The summed E-state index contributed by atoms with van der Waals surface area (Å²) in [5.41, 5.74) is 2.34. The average molecular weight is 433 g/mol. The molecule has 0 bridgehead atoms. The molecule has 0 radical (unpaired) electrons. The maximum absolute atomic E-state index is 12.9. The van der Waals surface area contributed by atoms with Gasteiger partial charge in [0.2, 0.25) is 0 Å². The monoisotopic (exact) mass is 432 g/mol. The Hall–Kier alpha value is -3.58. The fourth-order valence-electron chi connectivity index (χ4n) is 4.02. The SMILES string of the molecule is COc1ccc(CCN2C(=O)NCC2(NCc2ccccn2)c2ccc(OC)cc2)cc1. The fraction of sp³-hybridized carbons (Fsp3) is 0.280. The summed E-state index contributed by atoms with van der Waals surface area (Å²) >= 11 is 0. The number of nitrogens with zero attached hydrogens (tertiary/aromatic N) is 2. The van der Waals surface area contributed by atoms with Crippen molar-refractivity contribution in [1.82, 2.24) is 20.5 Å². The molecule has 166 valence electrons. The topological polar surface area (TPSA) is 75.7 Å². The number of nitrogens with one attached hydrogen (secondary N) is 2. The number of rotatable bonds is 9. The zero-order valence-electron chi connectivity index (χ0n) is 18.4. The molecule has 2 heterocycles. The summed E-state index contributed by atoms with van der Waals surface area (Å²) in [7, 11) is 3.30. The summed E-state index contributed by atoms with van der Waals surface area (Å²) in [4.78, 5) is 19.2. The van der Waals surface area contributed by atoms with Crippen molar-refractivity contribution >= 4 is 6.03 Å². The Morgan fingerprint density at radius 3 is 2.31 bits per heavy atom. The quantitative estimate of drug-likeness (QED) is 0.543. The molecule has 7 nitrogen and oxygen atoms in total. The van der Waals surface area contributed by atoms with Gasteiger partial charge in [0.05, 0.1) is 26.5 Å². The lowest BCUT2D eigenvalue weighted by atomic mass is 9.97. The van der Waals surface area contributed by atoms with E-state index in [0.29, 0.717) is 19.6 Å². The van der Waals surface area contributed by atoms with E-state index < -0.39 is 5.66 Å². The second kappa shape index (κ2) is 9.70. The summed E-state index contributed by atoms with van der Waals surface area (Å²) in [6.45, 7) is 1.54. The second-order valence-electron chi connectivity index (χ2n) is 7.67. The predicted octanol–water partition coefficient (Wildman–Crippen LogP) is 3.31. The van der Waals surface area contributed by atoms with Crippen LogP contribution in [0.15, 0.2) is 72.9 Å². The maximum Gasteiger partial charge on any atom is 0.319 e. The molecule has 0 aliphatic carbocycles. The minimum absolute atomic E-state index is 0.0946. The highest BCUT2D eigenvalue weighted by Crippen LogP contribution is 2.31. The Bertz CT molecular complexity index is 1030. The van der Waals surface area contributed by atoms with Crippen molar-refractivity contribution < 1.29 is 14.3 Å². The maximum atomic E-state index is 12.9. The largest absolute Gasteiger partial charge is 0.497 e. The summed E-state index contributed by atoms with van der Waals surface area (Å²) < 4.78 is 10.6. The Morgan fingerprint density at radius 2 is 1.69 bits per heavy atom. The Kier molecular flexibility index (Phi) is 6.56. The summed E-state index contributed by atoms with van der Waals surface area (Å²) in [6.07, 6.45) is 2.50. The minimum atomic E-state index is -0.701. The first-order valence-corrected chi connectivity index (χ1v) is 10.6. The Balaban J connectivity index is 1.61. The van der Waals surface area contributed by atoms with Gasteiger partial charge in [-0.2, -0.15) is 0 Å². The predicted molar refractivity (Wildman–Crippen MR) is 123 cm³/mol. The average Bonchev–Trinajstić information content (AvgIpc) is 3.18. The molecule has 1 fully saturated rings. The van der Waals surface area contributed by atoms with E-state index in [1.54, 1.807) is 20.4 Å². The van der Waals surface area contributed by atoms with Gasteiger partial charge < -0.3 is 19.7 Å². The van der Waals surface area contributed by atoms with Gasteiger partial charge in [-0.3, -0.25) is 10.3 Å². The fourth-order valence-corrected chi connectivity index (χ4v) is 4.02. The van der Waals surface area contributed by atoms with Crippen molar-refractivity contribution in [3.05, 3.63) is 89.7 Å². The third-order valence-corrected chi connectivity index (χ3v) is 5.84. The lowest BCUT2D eigenvalue weighted by molar-refractivity contribution is 0.123. The van der Waals surface area contributed by atoms with Crippen LogP contribution in [0.3, 0.4) is 0 Å². The van der Waals surface area contributed by atoms with Crippen LogP contribution >= 0.6 is 0 Å². The van der Waals surface area contributed by atoms with E-state index in [9.17, 15) is 4.79 Å². The van der Waals surface area contributed by atoms with Gasteiger partial charge in [0.15, 0.2) is 0 Å². The van der Waals surface area contributed by atoms with Crippen LogP contribution in [-0.2, 0) is 18.6 Å². The molecule has 3 aromatic rings. The molecule has 1 aliphatic heterocycles. The third-order valence-electron chi connectivity index (χ3n) is 5.84. The van der Waals surface area contributed by atoms with Gasteiger partial charge in [-0.15, -0.1) is 0 Å². The molecule has 1 saturated heterocycles. The van der Waals surface area contributed by atoms with E-state index in [4.69, 9.17) is 9.47 Å². The first-order valence-electron chi connectivity index (χ1n) is 10.6. The van der Waals surface area contributed by atoms with Crippen molar-refractivity contribution in [1.29, 1.82) is 0 Å². The van der Waals surface area contributed by atoms with Crippen LogP contribution in [0.4, 0.5) is 4.79 Å². The number of carbonyl (C=O) groups excluding carboxylic acids is 1. The second-order valence-corrected chi connectivity index (χ2v) is 7.67. The molecule has 1 aromatic heterocycles. The number of hydrogen-bond acceptors (Lipinski definition) is 5. The first-order chi connectivity index (χ1) is 15.6. The van der Waals surface area contributed by atoms with Crippen molar-refractivity contribution in [2.24, 2.45) is 0 Å². The van der Waals surface area contributed by atoms with E-state index in [1.807, 2.05) is 71.6 Å². The minimum Gasteiger partial charge on any atom is -0.497 e. The summed E-state index contributed by atoms with van der Waals surface area (Å²) in [5, 5.41) is 6.65. The number of amides is 2. The molecule has 2 N–H and O–H groups in total. The molecule has 1 unspecified atom stereocenters. The third kappa shape index (κ3) is 4.53. The normalized spacial score (nSPS) is 17.8. The van der Waals surface area contributed by atoms with Crippen molar-refractivity contribution in [2.75, 3.05) is 27.3 Å². The molecule has 0 spiro atoms. The van der Waals surface area contributed by atoms with E-state index in [0.717, 1.165) is 34.7 Å². The molecule has 4 rings (SSSR count). The molecule has 1 atom stereocenters. The van der Waals surface area contributed by atoms with Crippen molar-refractivity contribution in [2.45, 2.75) is 18.6 Å². The Morgan fingerprint density at radius 1 is 1.00 bits per heavy atom. The zero-order chi connectivity index (χ0) is 22.4. The molecule has 2 aromatic carbocycles. The lowest BCUT2D eigenvalue weighted by Gasteiger charge is -2.38. The van der Waals surface area contributed by atoms with Crippen LogP contribution in [0.25, 0.3) is 0 Å². The zero-order valence-corrected chi connectivity index (χ0v) is 18.4. The van der Waals surface area contributed by atoms with Crippen LogP contribution in [0.5, 0.6) is 11.5 Å². The smallest absolute Gasteiger partial charge is 0.319 e. The van der Waals surface area contributed by atoms with E-state index in [1.165, 1.54) is 0 Å². The van der Waals surface area contributed by atoms with Crippen LogP contribution in [0.2, 0.25) is 0 Å². The number of methoxy groups -OCH3 is 2. The number of urea groups is 1. The van der Waals surface area contributed by atoms with Gasteiger partial charge in [0.25, 0.3) is 0 Å². The van der Waals surface area contributed by atoms with Gasteiger partial charge >= 0.3 is 6.03 Å². The number of aromatic nitrogens is 1. The van der Waals surface area contributed by atoms with Crippen molar-refractivity contribution in [3.8, 4) is 11.5 Å². The lowest BCUT2D eigenvalue weighted by Crippen LogP contribution is -2.55. The molecule has 7 heteroatoms. The standard InChI is InChI=1S/C25H28N4O3/c1-31-22-10-6-19(7-11-22)14-16-29-24(30)27-18-25(29,20-8-12-23(32-2)13-9-20)28-17-21-5-3-4-15-26-21/h3-13,15,28H,14,16-18H2,1-2H3,(H,27,30). The van der Waals surface area contributed by atoms with Gasteiger partial charge in [-0.25, -0.2) is 4.79 Å². The summed E-state index contributed by atoms with van der Waals surface area (Å²) in [5.74, 6) is 1.59. The van der Waals surface area contributed by atoms with Gasteiger partial charge in [0, 0.05) is 19.3 Å². The first kappa shape index (κ1) is 21.6. The highest BCUT2D eigenvalue weighted by molar-refractivity contribution is 5.78. The van der Waals surface area contributed by atoms with Crippen LogP contribution in [-0.4, -0.2) is 43.2 Å².